The summed E-state index contributed by atoms with van der Waals surface area (Å²) < 4.78 is 5.91. The molecule has 0 amide bonds. The first-order valence-corrected chi connectivity index (χ1v) is 9.66. The number of carbonyl (C=O) groups excluding carboxylic acids is 1. The molecule has 0 aromatic heterocycles. The number of rotatable bonds is 6. The van der Waals surface area contributed by atoms with Gasteiger partial charge in [-0.1, -0.05) is 67.1 Å². The quantitative estimate of drug-likeness (QED) is 0.711. The van der Waals surface area contributed by atoms with Gasteiger partial charge in [0.2, 0.25) is 0 Å². The highest BCUT2D eigenvalue weighted by Crippen LogP contribution is 2.27. The molecule has 3 rings (SSSR count). The lowest BCUT2D eigenvalue weighted by atomic mass is 9.91. The average Bonchev–Trinajstić information content (AvgIpc) is 2.65. The second-order valence-electron chi connectivity index (χ2n) is 7.37. The molecule has 1 fully saturated rings. The van der Waals surface area contributed by atoms with Gasteiger partial charge < -0.3 is 9.64 Å². The van der Waals surface area contributed by atoms with Gasteiger partial charge >= 0.3 is 5.97 Å². The van der Waals surface area contributed by atoms with E-state index in [1.165, 1.54) is 19.3 Å². The van der Waals surface area contributed by atoms with Gasteiger partial charge in [-0.25, -0.2) is 0 Å². The molecule has 1 heterocycles. The third kappa shape index (κ3) is 4.73. The van der Waals surface area contributed by atoms with Crippen LogP contribution >= 0.6 is 0 Å². The standard InChI is InChI=1S/C23H29NO2/c1-18(17-21-15-9-10-16-24(21)2)26-23(25)22(19-11-5-3-6-12-19)20-13-7-4-8-14-20/h3-8,11-14,18,21-22H,9-10,15-17H2,1-2H3. The fourth-order valence-corrected chi connectivity index (χ4v) is 3.90. The van der Waals surface area contributed by atoms with Crippen LogP contribution in [-0.4, -0.2) is 36.6 Å². The first kappa shape index (κ1) is 18.7. The predicted octanol–water partition coefficient (Wildman–Crippen LogP) is 4.62. The van der Waals surface area contributed by atoms with E-state index in [-0.39, 0.29) is 18.0 Å². The molecule has 0 aliphatic carbocycles. The highest BCUT2D eigenvalue weighted by atomic mass is 16.5. The van der Waals surface area contributed by atoms with Crippen LogP contribution in [0.3, 0.4) is 0 Å². The van der Waals surface area contributed by atoms with Crippen LogP contribution in [0.25, 0.3) is 0 Å². The van der Waals surface area contributed by atoms with Crippen molar-refractivity contribution in [2.75, 3.05) is 13.6 Å². The second kappa shape index (κ2) is 9.00. The Kier molecular flexibility index (Phi) is 6.45. The minimum Gasteiger partial charge on any atom is -0.462 e. The molecule has 2 aromatic carbocycles. The van der Waals surface area contributed by atoms with Gasteiger partial charge in [-0.05, 0) is 50.9 Å². The van der Waals surface area contributed by atoms with E-state index in [1.807, 2.05) is 67.6 Å². The van der Waals surface area contributed by atoms with E-state index in [2.05, 4.69) is 11.9 Å². The van der Waals surface area contributed by atoms with Crippen LogP contribution in [0.15, 0.2) is 60.7 Å². The molecule has 2 atom stereocenters. The molecular formula is C23H29NO2. The molecular weight excluding hydrogens is 322 g/mol. The molecule has 2 unspecified atom stereocenters. The zero-order valence-corrected chi connectivity index (χ0v) is 15.8. The molecule has 3 nitrogen and oxygen atoms in total. The number of esters is 1. The van der Waals surface area contributed by atoms with Crippen molar-refractivity contribution in [3.05, 3.63) is 71.8 Å². The summed E-state index contributed by atoms with van der Waals surface area (Å²) in [5.74, 6) is -0.530. The highest BCUT2D eigenvalue weighted by Gasteiger charge is 2.28. The lowest BCUT2D eigenvalue weighted by molar-refractivity contribution is -0.150. The summed E-state index contributed by atoms with van der Waals surface area (Å²) in [7, 11) is 2.18. The molecule has 2 aromatic rings. The van der Waals surface area contributed by atoms with Crippen LogP contribution in [0.4, 0.5) is 0 Å². The molecule has 0 N–H and O–H groups in total. The van der Waals surface area contributed by atoms with E-state index in [0.29, 0.717) is 6.04 Å². The molecule has 138 valence electrons. The van der Waals surface area contributed by atoms with E-state index < -0.39 is 0 Å². The van der Waals surface area contributed by atoms with Crippen molar-refractivity contribution in [2.24, 2.45) is 0 Å². The van der Waals surface area contributed by atoms with E-state index in [9.17, 15) is 4.79 Å². The van der Waals surface area contributed by atoms with E-state index >= 15 is 0 Å². The largest absolute Gasteiger partial charge is 0.462 e. The number of benzene rings is 2. The molecule has 0 radical (unpaired) electrons. The maximum absolute atomic E-state index is 13.0. The van der Waals surface area contributed by atoms with Gasteiger partial charge in [0.25, 0.3) is 0 Å². The SMILES string of the molecule is CC(CC1CCCCN1C)OC(=O)C(c1ccccc1)c1ccccc1. The summed E-state index contributed by atoms with van der Waals surface area (Å²) >= 11 is 0. The van der Waals surface area contributed by atoms with Crippen LogP contribution in [0.1, 0.15) is 49.7 Å². The van der Waals surface area contributed by atoms with Crippen molar-refractivity contribution in [2.45, 2.75) is 50.7 Å². The van der Waals surface area contributed by atoms with Gasteiger partial charge in [-0.3, -0.25) is 4.79 Å². The van der Waals surface area contributed by atoms with Crippen LogP contribution < -0.4 is 0 Å². The fourth-order valence-electron chi connectivity index (χ4n) is 3.90. The highest BCUT2D eigenvalue weighted by molar-refractivity contribution is 5.82. The van der Waals surface area contributed by atoms with Gasteiger partial charge in [0.1, 0.15) is 12.0 Å². The second-order valence-corrected chi connectivity index (χ2v) is 7.37. The van der Waals surface area contributed by atoms with Gasteiger partial charge in [0.15, 0.2) is 0 Å². The Balaban J connectivity index is 1.71. The third-order valence-electron chi connectivity index (χ3n) is 5.34. The Hall–Kier alpha value is -2.13. The number of hydrogen-bond donors (Lipinski definition) is 0. The van der Waals surface area contributed by atoms with Gasteiger partial charge in [0, 0.05) is 6.04 Å². The van der Waals surface area contributed by atoms with Crippen LogP contribution in [0.2, 0.25) is 0 Å². The lowest BCUT2D eigenvalue weighted by Gasteiger charge is -2.34. The number of nitrogens with zero attached hydrogens (tertiary/aromatic N) is 1. The maximum atomic E-state index is 13.0. The molecule has 0 bridgehead atoms. The van der Waals surface area contributed by atoms with Crippen molar-refractivity contribution >= 4 is 5.97 Å². The van der Waals surface area contributed by atoms with Crippen molar-refractivity contribution in [1.29, 1.82) is 0 Å². The molecule has 1 aliphatic rings. The number of ether oxygens (including phenoxy) is 1. The van der Waals surface area contributed by atoms with Gasteiger partial charge in [0.05, 0.1) is 0 Å². The maximum Gasteiger partial charge on any atom is 0.318 e. The molecule has 1 aliphatic heterocycles. The summed E-state index contributed by atoms with van der Waals surface area (Å²) in [5, 5.41) is 0. The van der Waals surface area contributed by atoms with E-state index in [1.54, 1.807) is 0 Å². The lowest BCUT2D eigenvalue weighted by Crippen LogP contribution is -2.39. The number of piperidine rings is 1. The smallest absolute Gasteiger partial charge is 0.318 e. The molecule has 3 heteroatoms. The Morgan fingerprint density at radius 2 is 1.62 bits per heavy atom. The zero-order chi connectivity index (χ0) is 18.4. The van der Waals surface area contributed by atoms with E-state index in [4.69, 9.17) is 4.74 Å². The molecule has 1 saturated heterocycles. The molecule has 0 saturated carbocycles. The van der Waals surface area contributed by atoms with Gasteiger partial charge in [-0.2, -0.15) is 0 Å². The first-order valence-electron chi connectivity index (χ1n) is 9.66. The van der Waals surface area contributed by atoms with Crippen molar-refractivity contribution < 1.29 is 9.53 Å². The summed E-state index contributed by atoms with van der Waals surface area (Å²) in [6.45, 7) is 3.16. The first-order chi connectivity index (χ1) is 12.6. The summed E-state index contributed by atoms with van der Waals surface area (Å²) in [4.78, 5) is 15.4. The minimum absolute atomic E-state index is 0.0806. The van der Waals surface area contributed by atoms with E-state index in [0.717, 1.165) is 24.1 Å². The Bertz CT molecular complexity index is 646. The third-order valence-corrected chi connectivity index (χ3v) is 5.34. The van der Waals surface area contributed by atoms with Crippen LogP contribution in [0, 0.1) is 0 Å². The van der Waals surface area contributed by atoms with Crippen molar-refractivity contribution in [3.63, 3.8) is 0 Å². The minimum atomic E-state index is -0.371. The molecule has 0 spiro atoms. The zero-order valence-electron chi connectivity index (χ0n) is 15.8. The predicted molar refractivity (Wildman–Crippen MR) is 105 cm³/mol. The Labute approximate surface area is 157 Å². The monoisotopic (exact) mass is 351 g/mol. The topological polar surface area (TPSA) is 29.5 Å². The van der Waals surface area contributed by atoms with Crippen molar-refractivity contribution in [3.8, 4) is 0 Å². The number of likely N-dealkylation sites (tertiary alicyclic amines) is 1. The Morgan fingerprint density at radius 1 is 1.04 bits per heavy atom. The van der Waals surface area contributed by atoms with Crippen LogP contribution in [-0.2, 0) is 9.53 Å². The number of hydrogen-bond acceptors (Lipinski definition) is 3. The molecule has 26 heavy (non-hydrogen) atoms. The Morgan fingerprint density at radius 3 is 2.15 bits per heavy atom. The summed E-state index contributed by atoms with van der Waals surface area (Å²) in [5.41, 5.74) is 1.95. The van der Waals surface area contributed by atoms with Gasteiger partial charge in [-0.15, -0.1) is 0 Å². The van der Waals surface area contributed by atoms with Crippen LogP contribution in [0.5, 0.6) is 0 Å². The summed E-state index contributed by atoms with van der Waals surface area (Å²) in [6.07, 6.45) is 4.55. The normalized spacial score (nSPS) is 19.3. The fraction of sp³-hybridized carbons (Fsp3) is 0.435. The van der Waals surface area contributed by atoms with Crippen molar-refractivity contribution in [1.82, 2.24) is 4.90 Å². The average molecular weight is 351 g/mol. The number of carbonyl (C=O) groups is 1. The summed E-state index contributed by atoms with van der Waals surface area (Å²) in [6, 6.07) is 20.3.